The summed E-state index contributed by atoms with van der Waals surface area (Å²) in [7, 11) is -3.73. The molecule has 1 aromatic rings. The van der Waals surface area contributed by atoms with E-state index in [1.54, 1.807) is 0 Å². The number of nitrogens with two attached hydrogens (primary N) is 1. The first-order chi connectivity index (χ1) is 9.64. The second-order valence-corrected chi connectivity index (χ2v) is 8.14. The minimum absolute atomic E-state index is 0.0590. The molecule has 1 saturated heterocycles. The number of nitrogen functional groups attached to an aromatic ring is 1. The van der Waals surface area contributed by atoms with Crippen molar-refractivity contribution in [2.45, 2.75) is 45.1 Å². The molecule has 3 unspecified atom stereocenters. The maximum absolute atomic E-state index is 13.8. The molecule has 1 aliphatic rings. The number of sulfonamides is 1. The van der Waals surface area contributed by atoms with Crippen molar-refractivity contribution >= 4 is 15.7 Å². The van der Waals surface area contributed by atoms with E-state index < -0.39 is 15.8 Å². The van der Waals surface area contributed by atoms with Gasteiger partial charge in [0.1, 0.15) is 5.82 Å². The molecule has 1 aromatic carbocycles. The maximum atomic E-state index is 13.8. The zero-order chi connectivity index (χ0) is 15.9. The summed E-state index contributed by atoms with van der Waals surface area (Å²) in [4.78, 5) is -0.0590. The summed E-state index contributed by atoms with van der Waals surface area (Å²) >= 11 is 0. The van der Waals surface area contributed by atoms with Crippen molar-refractivity contribution in [3.8, 4) is 0 Å². The van der Waals surface area contributed by atoms with E-state index in [1.807, 2.05) is 20.8 Å². The molecule has 3 atom stereocenters. The Bertz CT molecular complexity index is 622. The molecule has 2 rings (SSSR count). The molecular formula is C15H23FN2O2S. The molecule has 4 nitrogen and oxygen atoms in total. The van der Waals surface area contributed by atoms with E-state index >= 15 is 0 Å². The number of rotatable bonds is 2. The monoisotopic (exact) mass is 314 g/mol. The predicted octanol–water partition coefficient (Wildman–Crippen LogP) is 2.77. The average molecular weight is 314 g/mol. The first-order valence-electron chi connectivity index (χ1n) is 7.22. The molecule has 118 valence electrons. The van der Waals surface area contributed by atoms with Gasteiger partial charge in [-0.25, -0.2) is 12.8 Å². The maximum Gasteiger partial charge on any atom is 0.243 e. The zero-order valence-corrected chi connectivity index (χ0v) is 13.7. The van der Waals surface area contributed by atoms with E-state index in [0.717, 1.165) is 12.5 Å². The van der Waals surface area contributed by atoms with Crippen LogP contribution in [-0.4, -0.2) is 25.3 Å². The van der Waals surface area contributed by atoms with Crippen LogP contribution in [0.2, 0.25) is 0 Å². The molecule has 0 aromatic heterocycles. The summed E-state index contributed by atoms with van der Waals surface area (Å²) in [5.74, 6) is -0.0193. The van der Waals surface area contributed by atoms with Crippen molar-refractivity contribution in [2.75, 3.05) is 12.3 Å². The molecular weight excluding hydrogens is 291 g/mol. The van der Waals surface area contributed by atoms with E-state index in [-0.39, 0.29) is 28.1 Å². The Balaban J connectivity index is 2.46. The van der Waals surface area contributed by atoms with Crippen LogP contribution in [0, 0.1) is 24.6 Å². The van der Waals surface area contributed by atoms with Crippen LogP contribution in [-0.2, 0) is 10.0 Å². The summed E-state index contributed by atoms with van der Waals surface area (Å²) in [5, 5.41) is 0. The van der Waals surface area contributed by atoms with Crippen LogP contribution in [0.4, 0.5) is 10.1 Å². The van der Waals surface area contributed by atoms with Crippen LogP contribution in [0.3, 0.4) is 0 Å². The molecule has 21 heavy (non-hydrogen) atoms. The third-order valence-corrected chi connectivity index (χ3v) is 6.44. The molecule has 0 saturated carbocycles. The lowest BCUT2D eigenvalue weighted by Crippen LogP contribution is -2.48. The van der Waals surface area contributed by atoms with E-state index in [9.17, 15) is 12.8 Å². The van der Waals surface area contributed by atoms with Crippen LogP contribution in [0.1, 0.15) is 32.8 Å². The summed E-state index contributed by atoms with van der Waals surface area (Å²) < 4.78 is 40.9. The summed E-state index contributed by atoms with van der Waals surface area (Å²) in [6.07, 6.45) is 0.998. The van der Waals surface area contributed by atoms with E-state index in [1.165, 1.54) is 17.3 Å². The van der Waals surface area contributed by atoms with Gasteiger partial charge >= 0.3 is 0 Å². The van der Waals surface area contributed by atoms with Gasteiger partial charge in [-0.05, 0) is 44.2 Å². The Hall–Kier alpha value is -1.14. The van der Waals surface area contributed by atoms with Crippen molar-refractivity contribution in [1.29, 1.82) is 0 Å². The zero-order valence-electron chi connectivity index (χ0n) is 12.9. The third-order valence-electron chi connectivity index (χ3n) is 4.51. The molecule has 0 radical (unpaired) electrons. The van der Waals surface area contributed by atoms with E-state index in [2.05, 4.69) is 0 Å². The normalized spacial score (nSPS) is 27.8. The van der Waals surface area contributed by atoms with Gasteiger partial charge in [-0.15, -0.1) is 0 Å². The highest BCUT2D eigenvalue weighted by Gasteiger charge is 2.37. The Morgan fingerprint density at radius 2 is 1.90 bits per heavy atom. The summed E-state index contributed by atoms with van der Waals surface area (Å²) in [6, 6.07) is 2.32. The molecule has 0 bridgehead atoms. The fourth-order valence-electron chi connectivity index (χ4n) is 2.94. The minimum atomic E-state index is -3.73. The van der Waals surface area contributed by atoms with Gasteiger partial charge in [-0.1, -0.05) is 13.8 Å². The van der Waals surface area contributed by atoms with Gasteiger partial charge in [0.2, 0.25) is 10.0 Å². The molecule has 1 aliphatic heterocycles. The highest BCUT2D eigenvalue weighted by molar-refractivity contribution is 7.89. The van der Waals surface area contributed by atoms with Gasteiger partial charge in [0, 0.05) is 23.8 Å². The van der Waals surface area contributed by atoms with Crippen molar-refractivity contribution < 1.29 is 12.8 Å². The quantitative estimate of drug-likeness (QED) is 0.854. The highest BCUT2D eigenvalue weighted by atomic mass is 32.2. The van der Waals surface area contributed by atoms with E-state index in [4.69, 9.17) is 5.73 Å². The van der Waals surface area contributed by atoms with Gasteiger partial charge in [-0.3, -0.25) is 0 Å². The first kappa shape index (κ1) is 16.2. The second kappa shape index (κ2) is 5.57. The molecule has 2 N–H and O–H groups in total. The van der Waals surface area contributed by atoms with Gasteiger partial charge in [0.05, 0.1) is 4.90 Å². The fraction of sp³-hybridized carbons (Fsp3) is 0.600. The standard InChI is InChI=1S/C15H23FN2O2S/c1-9-5-10(2)12(4)18(8-9)21(19,20)13-6-14(16)11(3)15(17)7-13/h6-7,9-10,12H,5,8,17H2,1-4H3. The number of hydrogen-bond acceptors (Lipinski definition) is 3. The predicted molar refractivity (Wildman–Crippen MR) is 81.8 cm³/mol. The third kappa shape index (κ3) is 2.92. The Kier molecular flexibility index (Phi) is 4.31. The van der Waals surface area contributed by atoms with Crippen molar-refractivity contribution in [3.63, 3.8) is 0 Å². The Morgan fingerprint density at radius 3 is 2.48 bits per heavy atom. The number of hydrogen-bond donors (Lipinski definition) is 1. The molecule has 0 amide bonds. The number of halogens is 1. The van der Waals surface area contributed by atoms with Crippen molar-refractivity contribution in [2.24, 2.45) is 11.8 Å². The van der Waals surface area contributed by atoms with Gasteiger partial charge in [0.15, 0.2) is 0 Å². The van der Waals surface area contributed by atoms with Crippen LogP contribution >= 0.6 is 0 Å². The number of nitrogens with zero attached hydrogens (tertiary/aromatic N) is 1. The molecule has 0 spiro atoms. The number of anilines is 1. The Morgan fingerprint density at radius 1 is 1.29 bits per heavy atom. The minimum Gasteiger partial charge on any atom is -0.398 e. The Labute approximate surface area is 126 Å². The van der Waals surface area contributed by atoms with Crippen LogP contribution in [0.5, 0.6) is 0 Å². The van der Waals surface area contributed by atoms with Crippen molar-refractivity contribution in [1.82, 2.24) is 4.31 Å². The second-order valence-electron chi connectivity index (χ2n) is 6.25. The van der Waals surface area contributed by atoms with Crippen LogP contribution < -0.4 is 5.73 Å². The number of benzene rings is 1. The topological polar surface area (TPSA) is 63.4 Å². The lowest BCUT2D eigenvalue weighted by molar-refractivity contribution is 0.157. The number of piperidine rings is 1. The molecule has 1 fully saturated rings. The van der Waals surface area contributed by atoms with Crippen molar-refractivity contribution in [3.05, 3.63) is 23.5 Å². The van der Waals surface area contributed by atoms with E-state index in [0.29, 0.717) is 12.5 Å². The lowest BCUT2D eigenvalue weighted by Gasteiger charge is -2.40. The van der Waals surface area contributed by atoms with Crippen LogP contribution in [0.25, 0.3) is 0 Å². The average Bonchev–Trinajstić information content (AvgIpc) is 2.39. The SMILES string of the molecule is Cc1c(N)cc(S(=O)(=O)N2CC(C)CC(C)C2C)cc1F. The highest BCUT2D eigenvalue weighted by Crippen LogP contribution is 2.32. The molecule has 6 heteroatoms. The van der Waals surface area contributed by atoms with Gasteiger partial charge < -0.3 is 5.73 Å². The first-order valence-corrected chi connectivity index (χ1v) is 8.66. The summed E-state index contributed by atoms with van der Waals surface area (Å²) in [5.41, 5.74) is 6.16. The molecule has 1 heterocycles. The van der Waals surface area contributed by atoms with Crippen LogP contribution in [0.15, 0.2) is 17.0 Å². The van der Waals surface area contributed by atoms with Gasteiger partial charge in [0.25, 0.3) is 0 Å². The lowest BCUT2D eigenvalue weighted by atomic mass is 9.88. The molecule has 0 aliphatic carbocycles. The fourth-order valence-corrected chi connectivity index (χ4v) is 4.83. The van der Waals surface area contributed by atoms with Gasteiger partial charge in [-0.2, -0.15) is 4.31 Å². The largest absolute Gasteiger partial charge is 0.398 e. The smallest absolute Gasteiger partial charge is 0.243 e. The summed E-state index contributed by atoms with van der Waals surface area (Å²) in [6.45, 7) is 7.99.